The molecule has 0 atom stereocenters. The van der Waals surface area contributed by atoms with Crippen LogP contribution in [0.4, 0.5) is 4.39 Å². The van der Waals surface area contributed by atoms with Crippen LogP contribution in [0, 0.1) is 12.7 Å². The summed E-state index contributed by atoms with van der Waals surface area (Å²) in [6.45, 7) is 2.34. The van der Waals surface area contributed by atoms with Crippen molar-refractivity contribution in [1.29, 1.82) is 0 Å². The summed E-state index contributed by atoms with van der Waals surface area (Å²) in [5.41, 5.74) is 2.05. The zero-order chi connectivity index (χ0) is 20.9. The summed E-state index contributed by atoms with van der Waals surface area (Å²) in [4.78, 5) is 25.0. The number of benzene rings is 1. The lowest BCUT2D eigenvalue weighted by Gasteiger charge is -2.13. The highest BCUT2D eigenvalue weighted by Gasteiger charge is 2.12. The molecule has 0 N–H and O–H groups in total. The maximum atomic E-state index is 13.2. The molecule has 152 valence electrons. The minimum absolute atomic E-state index is 0.277. The van der Waals surface area contributed by atoms with Gasteiger partial charge in [-0.3, -0.25) is 4.79 Å². The van der Waals surface area contributed by atoms with Crippen molar-refractivity contribution < 1.29 is 8.81 Å². The molecular formula is C22H19FN4O2S. The van der Waals surface area contributed by atoms with Crippen molar-refractivity contribution >= 4 is 11.8 Å². The zero-order valence-corrected chi connectivity index (χ0v) is 17.1. The number of aryl methyl sites for hydroxylation is 1. The van der Waals surface area contributed by atoms with Gasteiger partial charge in [-0.1, -0.05) is 23.9 Å². The smallest absolute Gasteiger partial charge is 0.277 e. The number of aromatic nitrogens is 4. The Labute approximate surface area is 176 Å². The van der Waals surface area contributed by atoms with Gasteiger partial charge in [0.1, 0.15) is 23.7 Å². The third-order valence-electron chi connectivity index (χ3n) is 4.44. The maximum absolute atomic E-state index is 13.2. The Morgan fingerprint density at radius 1 is 1.07 bits per heavy atom. The van der Waals surface area contributed by atoms with Crippen LogP contribution in [0.3, 0.4) is 0 Å². The number of hydrogen-bond acceptors (Lipinski definition) is 6. The molecule has 3 heterocycles. The predicted octanol–water partition coefficient (Wildman–Crippen LogP) is 4.01. The monoisotopic (exact) mass is 422 g/mol. The summed E-state index contributed by atoms with van der Waals surface area (Å²) in [7, 11) is 0. The van der Waals surface area contributed by atoms with Gasteiger partial charge in [-0.25, -0.2) is 14.4 Å². The molecule has 4 rings (SSSR count). The Kier molecular flexibility index (Phi) is 6.04. The fourth-order valence-electron chi connectivity index (χ4n) is 2.98. The number of halogens is 1. The first-order valence-corrected chi connectivity index (χ1v) is 10.3. The summed E-state index contributed by atoms with van der Waals surface area (Å²) in [5.74, 6) is 1.88. The molecule has 6 nitrogen and oxygen atoms in total. The van der Waals surface area contributed by atoms with Gasteiger partial charge in [-0.2, -0.15) is 4.98 Å². The molecule has 4 aromatic rings. The topological polar surface area (TPSA) is 73.8 Å². The van der Waals surface area contributed by atoms with Crippen molar-refractivity contribution in [3.8, 4) is 0 Å². The molecule has 3 aromatic heterocycles. The Morgan fingerprint density at radius 2 is 1.83 bits per heavy atom. The van der Waals surface area contributed by atoms with E-state index in [0.29, 0.717) is 29.4 Å². The highest BCUT2D eigenvalue weighted by molar-refractivity contribution is 7.98. The molecule has 0 fully saturated rings. The number of thioether (sulfide) groups is 1. The zero-order valence-electron chi connectivity index (χ0n) is 16.3. The second-order valence-corrected chi connectivity index (χ2v) is 7.78. The van der Waals surface area contributed by atoms with E-state index in [9.17, 15) is 9.18 Å². The second kappa shape index (κ2) is 9.04. The summed E-state index contributed by atoms with van der Waals surface area (Å²) in [6, 6.07) is 10.1. The molecule has 0 spiro atoms. The van der Waals surface area contributed by atoms with Crippen LogP contribution in [-0.2, 0) is 18.7 Å². The van der Waals surface area contributed by atoms with Crippen LogP contribution in [0.25, 0.3) is 0 Å². The lowest BCUT2D eigenvalue weighted by atomic mass is 10.1. The van der Waals surface area contributed by atoms with Gasteiger partial charge in [0.05, 0.1) is 6.54 Å². The van der Waals surface area contributed by atoms with E-state index in [-0.39, 0.29) is 11.4 Å². The first-order valence-electron chi connectivity index (χ1n) is 9.33. The molecule has 0 aliphatic carbocycles. The van der Waals surface area contributed by atoms with E-state index >= 15 is 0 Å². The fourth-order valence-corrected chi connectivity index (χ4v) is 3.90. The standard InChI is InChI=1S/C22H19FN4O2S/c1-15-2-7-20(29-15)12-27-11-18(8-17-9-24-14-25-10-17)21(28)26-22(27)30-13-16-3-5-19(23)6-4-16/h2-7,9-11,14H,8,12-13H2,1H3. The van der Waals surface area contributed by atoms with Gasteiger partial charge in [-0.15, -0.1) is 0 Å². The van der Waals surface area contributed by atoms with Crippen LogP contribution in [0.15, 0.2) is 75.7 Å². The van der Waals surface area contributed by atoms with Crippen LogP contribution in [-0.4, -0.2) is 19.5 Å². The van der Waals surface area contributed by atoms with Crippen molar-refractivity contribution in [2.45, 2.75) is 30.8 Å². The molecule has 0 unspecified atom stereocenters. The first-order chi connectivity index (χ1) is 14.6. The summed E-state index contributed by atoms with van der Waals surface area (Å²) in [6.07, 6.45) is 7.03. The Balaban J connectivity index is 1.63. The molecular weight excluding hydrogens is 403 g/mol. The van der Waals surface area contributed by atoms with Gasteiger partial charge < -0.3 is 8.98 Å². The molecule has 0 bridgehead atoms. The largest absolute Gasteiger partial charge is 0.464 e. The van der Waals surface area contributed by atoms with Gasteiger partial charge in [0, 0.05) is 36.3 Å². The Morgan fingerprint density at radius 3 is 2.53 bits per heavy atom. The van der Waals surface area contributed by atoms with Crippen LogP contribution >= 0.6 is 11.8 Å². The average Bonchev–Trinajstić information content (AvgIpc) is 3.16. The predicted molar refractivity (Wildman–Crippen MR) is 112 cm³/mol. The van der Waals surface area contributed by atoms with Gasteiger partial charge in [0.15, 0.2) is 5.16 Å². The third kappa shape index (κ3) is 5.01. The number of furan rings is 1. The normalized spacial score (nSPS) is 11.0. The average molecular weight is 422 g/mol. The summed E-state index contributed by atoms with van der Waals surface area (Å²) in [5, 5.41) is 0.575. The van der Waals surface area contributed by atoms with Gasteiger partial charge in [0.2, 0.25) is 0 Å². The highest BCUT2D eigenvalue weighted by Crippen LogP contribution is 2.22. The molecule has 30 heavy (non-hydrogen) atoms. The lowest BCUT2D eigenvalue weighted by molar-refractivity contribution is 0.457. The second-order valence-electron chi connectivity index (χ2n) is 6.83. The Hall–Kier alpha value is -3.26. The van der Waals surface area contributed by atoms with E-state index in [1.807, 2.05) is 29.8 Å². The van der Waals surface area contributed by atoms with Crippen molar-refractivity contribution in [2.75, 3.05) is 0 Å². The van der Waals surface area contributed by atoms with Gasteiger partial charge in [-0.05, 0) is 42.3 Å². The summed E-state index contributed by atoms with van der Waals surface area (Å²) < 4.78 is 20.8. The van der Waals surface area contributed by atoms with Crippen LogP contribution < -0.4 is 5.56 Å². The van der Waals surface area contributed by atoms with E-state index in [2.05, 4.69) is 15.0 Å². The summed E-state index contributed by atoms with van der Waals surface area (Å²) >= 11 is 1.42. The van der Waals surface area contributed by atoms with Crippen LogP contribution in [0.2, 0.25) is 0 Å². The van der Waals surface area contributed by atoms with Gasteiger partial charge in [0.25, 0.3) is 5.56 Å². The van der Waals surface area contributed by atoms with Crippen molar-refractivity contribution in [3.63, 3.8) is 0 Å². The van der Waals surface area contributed by atoms with Crippen molar-refractivity contribution in [2.24, 2.45) is 0 Å². The maximum Gasteiger partial charge on any atom is 0.277 e. The molecule has 8 heteroatoms. The van der Waals surface area contributed by atoms with Gasteiger partial charge >= 0.3 is 0 Å². The molecule has 0 radical (unpaired) electrons. The van der Waals surface area contributed by atoms with E-state index < -0.39 is 0 Å². The van der Waals surface area contributed by atoms with Crippen molar-refractivity contribution in [1.82, 2.24) is 19.5 Å². The molecule has 0 saturated heterocycles. The molecule has 0 aliphatic rings. The number of hydrogen-bond donors (Lipinski definition) is 0. The lowest BCUT2D eigenvalue weighted by Crippen LogP contribution is -2.20. The first kappa shape index (κ1) is 20.0. The van der Waals surface area contributed by atoms with E-state index in [1.54, 1.807) is 24.5 Å². The molecule has 0 aliphatic heterocycles. The van der Waals surface area contributed by atoms with Crippen LogP contribution in [0.1, 0.15) is 28.2 Å². The number of rotatable bonds is 7. The van der Waals surface area contributed by atoms with E-state index in [4.69, 9.17) is 4.42 Å². The minimum Gasteiger partial charge on any atom is -0.464 e. The highest BCUT2D eigenvalue weighted by atomic mass is 32.2. The Bertz CT molecular complexity index is 1190. The minimum atomic E-state index is -0.285. The van der Waals surface area contributed by atoms with Crippen LogP contribution in [0.5, 0.6) is 0 Å². The fraction of sp³-hybridized carbons (Fsp3) is 0.182. The van der Waals surface area contributed by atoms with Crippen molar-refractivity contribution in [3.05, 3.63) is 106 Å². The van der Waals surface area contributed by atoms with E-state index in [0.717, 1.165) is 22.6 Å². The SMILES string of the molecule is Cc1ccc(Cn2cc(Cc3cncnc3)c(=O)nc2SCc2ccc(F)cc2)o1. The number of nitrogens with zero attached hydrogens (tertiary/aromatic N) is 4. The molecule has 0 saturated carbocycles. The third-order valence-corrected chi connectivity index (χ3v) is 5.50. The quantitative estimate of drug-likeness (QED) is 0.331. The molecule has 1 aromatic carbocycles. The molecule has 0 amide bonds. The van der Waals surface area contributed by atoms with E-state index in [1.165, 1.54) is 30.2 Å².